The number of benzene rings is 8. The molecule has 49 heavy (non-hydrogen) atoms. The van der Waals surface area contributed by atoms with Crippen LogP contribution < -0.4 is 4.90 Å². The average Bonchev–Trinajstić information content (AvgIpc) is 3.63. The van der Waals surface area contributed by atoms with Crippen molar-refractivity contribution in [3.63, 3.8) is 0 Å². The minimum Gasteiger partial charge on any atom is -0.456 e. The Hall–Kier alpha value is -6.12. The number of anilines is 3. The van der Waals surface area contributed by atoms with Gasteiger partial charge in [0, 0.05) is 27.6 Å². The van der Waals surface area contributed by atoms with Gasteiger partial charge < -0.3 is 9.32 Å². The summed E-state index contributed by atoms with van der Waals surface area (Å²) in [6, 6.07) is 59.5. The molecule has 2 heteroatoms. The number of hydrogen-bond donors (Lipinski definition) is 0. The lowest BCUT2D eigenvalue weighted by molar-refractivity contribution is 0.660. The van der Waals surface area contributed by atoms with E-state index in [4.69, 9.17) is 4.42 Å². The Kier molecular flexibility index (Phi) is 5.95. The van der Waals surface area contributed by atoms with Crippen LogP contribution in [0.4, 0.5) is 17.1 Å². The molecule has 0 radical (unpaired) electrons. The van der Waals surface area contributed by atoms with Gasteiger partial charge in [-0.25, -0.2) is 0 Å². The van der Waals surface area contributed by atoms with E-state index >= 15 is 0 Å². The predicted octanol–water partition coefficient (Wildman–Crippen LogP) is 13.3. The van der Waals surface area contributed by atoms with Crippen LogP contribution in [-0.2, 0) is 5.41 Å². The molecule has 8 aromatic carbocycles. The first kappa shape index (κ1) is 27.9. The molecule has 0 amide bonds. The van der Waals surface area contributed by atoms with Crippen LogP contribution in [0.1, 0.15) is 25.0 Å². The van der Waals surface area contributed by atoms with Crippen LogP contribution in [0.5, 0.6) is 0 Å². The van der Waals surface area contributed by atoms with Crippen molar-refractivity contribution in [3.05, 3.63) is 175 Å². The van der Waals surface area contributed by atoms with E-state index < -0.39 is 0 Å². The van der Waals surface area contributed by atoms with Crippen LogP contribution in [0, 0.1) is 0 Å². The van der Waals surface area contributed by atoms with Crippen LogP contribution in [0.2, 0.25) is 0 Å². The van der Waals surface area contributed by atoms with Gasteiger partial charge in [0.25, 0.3) is 0 Å². The van der Waals surface area contributed by atoms with E-state index in [0.717, 1.165) is 44.4 Å². The average molecular weight is 628 g/mol. The summed E-state index contributed by atoms with van der Waals surface area (Å²) in [5, 5.41) is 7.07. The van der Waals surface area contributed by atoms with E-state index in [-0.39, 0.29) is 5.41 Å². The number of fused-ring (bicyclic) bond motifs is 8. The summed E-state index contributed by atoms with van der Waals surface area (Å²) >= 11 is 0. The van der Waals surface area contributed by atoms with Gasteiger partial charge in [0.2, 0.25) is 0 Å². The Labute approximate surface area is 285 Å². The third-order valence-corrected chi connectivity index (χ3v) is 10.6. The molecular formula is C47H33NO. The molecule has 1 heterocycles. The van der Waals surface area contributed by atoms with Crippen molar-refractivity contribution in [2.45, 2.75) is 19.3 Å². The van der Waals surface area contributed by atoms with Crippen molar-refractivity contribution < 1.29 is 4.42 Å². The Morgan fingerprint density at radius 3 is 1.96 bits per heavy atom. The van der Waals surface area contributed by atoms with Gasteiger partial charge in [0.1, 0.15) is 11.2 Å². The highest BCUT2D eigenvalue weighted by atomic mass is 16.3. The van der Waals surface area contributed by atoms with E-state index in [1.165, 1.54) is 49.5 Å². The molecule has 1 aliphatic rings. The number of rotatable bonds is 4. The molecule has 1 aromatic heterocycles. The number of nitrogens with zero attached hydrogens (tertiary/aromatic N) is 1. The van der Waals surface area contributed by atoms with Gasteiger partial charge in [-0.15, -0.1) is 0 Å². The standard InChI is InChI=1S/C47H33NO/c1-47(2)41-17-9-7-15-38(41)39-26-25-36(29-42(39)47)48(35-23-21-31(22-24-35)33-20-19-30-11-3-4-12-32(30)27-33)46-37-14-6-5-13-34(37)28-44-45(46)40-16-8-10-18-43(40)49-44/h3-29H,1-2H3. The highest BCUT2D eigenvalue weighted by Gasteiger charge is 2.36. The Morgan fingerprint density at radius 1 is 0.449 bits per heavy atom. The van der Waals surface area contributed by atoms with Gasteiger partial charge in [0.15, 0.2) is 0 Å². The minimum absolute atomic E-state index is 0.121. The van der Waals surface area contributed by atoms with Crippen LogP contribution >= 0.6 is 0 Å². The Balaban J connectivity index is 1.23. The van der Waals surface area contributed by atoms with Crippen molar-refractivity contribution in [1.29, 1.82) is 0 Å². The van der Waals surface area contributed by atoms with Gasteiger partial charge >= 0.3 is 0 Å². The van der Waals surface area contributed by atoms with E-state index in [2.05, 4.69) is 176 Å². The molecule has 0 atom stereocenters. The van der Waals surface area contributed by atoms with Gasteiger partial charge in [-0.3, -0.25) is 0 Å². The zero-order chi connectivity index (χ0) is 32.7. The Morgan fingerprint density at radius 2 is 1.10 bits per heavy atom. The quantitative estimate of drug-likeness (QED) is 0.193. The maximum absolute atomic E-state index is 6.56. The van der Waals surface area contributed by atoms with E-state index in [9.17, 15) is 0 Å². The highest BCUT2D eigenvalue weighted by Crippen LogP contribution is 2.52. The molecule has 0 unspecified atom stereocenters. The zero-order valence-corrected chi connectivity index (χ0v) is 27.4. The SMILES string of the molecule is CC1(C)c2ccccc2-c2ccc(N(c3ccc(-c4ccc5ccccc5c4)cc3)c3c4ccccc4cc4oc5ccccc5c34)cc21. The van der Waals surface area contributed by atoms with E-state index in [1.807, 2.05) is 6.07 Å². The normalized spacial score (nSPS) is 13.3. The lowest BCUT2D eigenvalue weighted by Gasteiger charge is -2.30. The van der Waals surface area contributed by atoms with E-state index in [1.54, 1.807) is 0 Å². The third kappa shape index (κ3) is 4.20. The molecule has 0 bridgehead atoms. The maximum atomic E-state index is 6.56. The molecular weight excluding hydrogens is 595 g/mol. The first-order chi connectivity index (χ1) is 24.0. The van der Waals surface area contributed by atoms with E-state index in [0.29, 0.717) is 0 Å². The summed E-state index contributed by atoms with van der Waals surface area (Å²) in [5.74, 6) is 0. The molecule has 2 nitrogen and oxygen atoms in total. The van der Waals surface area contributed by atoms with Crippen LogP contribution in [0.25, 0.3) is 65.7 Å². The fourth-order valence-corrected chi connectivity index (χ4v) is 8.17. The van der Waals surface area contributed by atoms with Crippen molar-refractivity contribution in [1.82, 2.24) is 0 Å². The summed E-state index contributed by atoms with van der Waals surface area (Å²) in [7, 11) is 0. The molecule has 0 spiro atoms. The summed E-state index contributed by atoms with van der Waals surface area (Å²) < 4.78 is 6.56. The number of para-hydroxylation sites is 1. The second-order valence-corrected chi connectivity index (χ2v) is 13.8. The first-order valence-corrected chi connectivity index (χ1v) is 17.0. The molecule has 0 saturated carbocycles. The molecule has 10 rings (SSSR count). The Bertz CT molecular complexity index is 2750. The minimum atomic E-state index is -0.121. The smallest absolute Gasteiger partial charge is 0.138 e. The topological polar surface area (TPSA) is 16.4 Å². The van der Waals surface area contributed by atoms with Crippen molar-refractivity contribution in [2.24, 2.45) is 0 Å². The molecule has 0 aliphatic heterocycles. The van der Waals surface area contributed by atoms with Crippen LogP contribution in [0.15, 0.2) is 168 Å². The lowest BCUT2D eigenvalue weighted by Crippen LogP contribution is -2.16. The highest BCUT2D eigenvalue weighted by molar-refractivity contribution is 6.21. The fourth-order valence-electron chi connectivity index (χ4n) is 8.17. The second-order valence-electron chi connectivity index (χ2n) is 13.8. The molecule has 1 aliphatic carbocycles. The largest absolute Gasteiger partial charge is 0.456 e. The molecule has 0 saturated heterocycles. The summed E-state index contributed by atoms with van der Waals surface area (Å²) in [6.07, 6.45) is 0. The monoisotopic (exact) mass is 627 g/mol. The van der Waals surface area contributed by atoms with Gasteiger partial charge in [-0.1, -0.05) is 135 Å². The second kappa shape index (κ2) is 10.4. The van der Waals surface area contributed by atoms with Gasteiger partial charge in [-0.2, -0.15) is 0 Å². The van der Waals surface area contributed by atoms with Crippen molar-refractivity contribution in [2.75, 3.05) is 4.90 Å². The summed E-state index contributed by atoms with van der Waals surface area (Å²) in [4.78, 5) is 2.45. The maximum Gasteiger partial charge on any atom is 0.138 e. The predicted molar refractivity (Wildman–Crippen MR) is 206 cm³/mol. The molecule has 232 valence electrons. The molecule has 0 fully saturated rings. The zero-order valence-electron chi connectivity index (χ0n) is 27.4. The fraction of sp³-hybridized carbons (Fsp3) is 0.0638. The number of hydrogen-bond acceptors (Lipinski definition) is 2. The van der Waals surface area contributed by atoms with Crippen molar-refractivity contribution >= 4 is 60.5 Å². The molecule has 9 aromatic rings. The third-order valence-electron chi connectivity index (χ3n) is 10.6. The van der Waals surface area contributed by atoms with Gasteiger partial charge in [-0.05, 0) is 92.0 Å². The summed E-state index contributed by atoms with van der Waals surface area (Å²) in [5.41, 5.74) is 12.8. The molecule has 0 N–H and O–H groups in total. The van der Waals surface area contributed by atoms with Crippen LogP contribution in [-0.4, -0.2) is 0 Å². The summed E-state index contributed by atoms with van der Waals surface area (Å²) in [6.45, 7) is 4.70. The van der Waals surface area contributed by atoms with Crippen LogP contribution in [0.3, 0.4) is 0 Å². The van der Waals surface area contributed by atoms with Crippen molar-refractivity contribution in [3.8, 4) is 22.3 Å². The first-order valence-electron chi connectivity index (χ1n) is 17.0. The lowest BCUT2D eigenvalue weighted by atomic mass is 9.82. The van der Waals surface area contributed by atoms with Gasteiger partial charge in [0.05, 0.1) is 11.1 Å². The number of furan rings is 1.